The van der Waals surface area contributed by atoms with Crippen molar-refractivity contribution in [2.45, 2.75) is 51.1 Å². The molecule has 0 amide bonds. The van der Waals surface area contributed by atoms with E-state index in [4.69, 9.17) is 11.6 Å². The monoisotopic (exact) mass is 299 g/mol. The summed E-state index contributed by atoms with van der Waals surface area (Å²) in [6.45, 7) is 1.97. The second-order valence-electron chi connectivity index (χ2n) is 5.31. The number of hydrogen-bond acceptors (Lipinski definition) is 2. The topological polar surface area (TPSA) is 49.3 Å². The molecule has 0 saturated carbocycles. The normalized spacial score (nSPS) is 19.4. The Balaban J connectivity index is 2.09. The third-order valence-electron chi connectivity index (χ3n) is 3.78. The van der Waals surface area contributed by atoms with E-state index in [1.165, 1.54) is 12.1 Å². The number of nitrogens with one attached hydrogen (secondary N) is 1. The first-order valence-corrected chi connectivity index (χ1v) is 7.34. The van der Waals surface area contributed by atoms with Gasteiger partial charge in [-0.05, 0) is 48.9 Å². The van der Waals surface area contributed by atoms with E-state index in [0.29, 0.717) is 17.9 Å². The predicted molar refractivity (Wildman–Crippen MR) is 76.7 cm³/mol. The minimum Gasteiger partial charge on any atom is -0.480 e. The van der Waals surface area contributed by atoms with Gasteiger partial charge in [0.05, 0.1) is 0 Å². The molecule has 0 heterocycles. The Hall–Kier alpha value is -1.13. The quantitative estimate of drug-likeness (QED) is 0.878. The van der Waals surface area contributed by atoms with Crippen LogP contribution in [0.3, 0.4) is 0 Å². The number of halogens is 2. The third kappa shape index (κ3) is 3.49. The molecule has 2 N–H and O–H groups in total. The van der Waals surface area contributed by atoms with E-state index in [2.05, 4.69) is 5.32 Å². The summed E-state index contributed by atoms with van der Waals surface area (Å²) in [6.07, 6.45) is 3.61. The number of aliphatic carboxylic acids is 1. The van der Waals surface area contributed by atoms with E-state index in [1.807, 2.05) is 6.92 Å². The molecule has 0 bridgehead atoms. The number of rotatable bonds is 5. The molecular formula is C15H19ClFNO2. The summed E-state index contributed by atoms with van der Waals surface area (Å²) in [5.74, 6) is -1.13. The third-order valence-corrected chi connectivity index (χ3v) is 4.11. The highest BCUT2D eigenvalue weighted by molar-refractivity contribution is 6.31. The molecule has 3 nitrogen and oxygen atoms in total. The summed E-state index contributed by atoms with van der Waals surface area (Å²) < 4.78 is 13.3. The second-order valence-corrected chi connectivity index (χ2v) is 5.72. The smallest absolute Gasteiger partial charge is 0.320 e. The maximum atomic E-state index is 13.3. The van der Waals surface area contributed by atoms with Crippen molar-refractivity contribution in [1.82, 2.24) is 5.32 Å². The Morgan fingerprint density at radius 3 is 3.00 bits per heavy atom. The molecule has 1 aromatic carbocycles. The van der Waals surface area contributed by atoms with Gasteiger partial charge in [0.2, 0.25) is 0 Å². The van der Waals surface area contributed by atoms with E-state index in [0.717, 1.165) is 30.4 Å². The molecule has 1 aromatic rings. The summed E-state index contributed by atoms with van der Waals surface area (Å²) >= 11 is 6.09. The average Bonchev–Trinajstić information content (AvgIpc) is 2.38. The van der Waals surface area contributed by atoms with E-state index in [-0.39, 0.29) is 11.9 Å². The lowest BCUT2D eigenvalue weighted by Crippen LogP contribution is -2.45. The number of fused-ring (bicyclic) bond motifs is 1. The molecule has 0 spiro atoms. The van der Waals surface area contributed by atoms with Crippen molar-refractivity contribution < 1.29 is 14.3 Å². The highest BCUT2D eigenvalue weighted by atomic mass is 35.5. The number of hydrogen-bond donors (Lipinski definition) is 2. The van der Waals surface area contributed by atoms with Gasteiger partial charge in [-0.25, -0.2) is 4.39 Å². The molecule has 2 atom stereocenters. The first kappa shape index (κ1) is 15.3. The lowest BCUT2D eigenvalue weighted by atomic mass is 9.87. The molecule has 20 heavy (non-hydrogen) atoms. The van der Waals surface area contributed by atoms with Crippen molar-refractivity contribution in [2.24, 2.45) is 0 Å². The van der Waals surface area contributed by atoms with Gasteiger partial charge >= 0.3 is 5.97 Å². The van der Waals surface area contributed by atoms with E-state index in [9.17, 15) is 14.3 Å². The SMILES string of the molecule is CCCC(N[C@H]1CCc2cc(F)cc(Cl)c2C1)C(=O)O. The van der Waals surface area contributed by atoms with E-state index >= 15 is 0 Å². The molecule has 0 aromatic heterocycles. The van der Waals surface area contributed by atoms with Crippen LogP contribution in [0.25, 0.3) is 0 Å². The van der Waals surface area contributed by atoms with Crippen molar-refractivity contribution in [3.05, 3.63) is 34.1 Å². The van der Waals surface area contributed by atoms with Crippen LogP contribution in [0.15, 0.2) is 12.1 Å². The molecule has 0 saturated heterocycles. The zero-order valence-corrected chi connectivity index (χ0v) is 12.2. The Labute approximate surface area is 123 Å². The first-order valence-electron chi connectivity index (χ1n) is 6.97. The number of aryl methyl sites for hydroxylation is 1. The second kappa shape index (κ2) is 6.55. The van der Waals surface area contributed by atoms with Crippen LogP contribution in [-0.4, -0.2) is 23.2 Å². The highest BCUT2D eigenvalue weighted by Crippen LogP contribution is 2.29. The fourth-order valence-electron chi connectivity index (χ4n) is 2.78. The van der Waals surface area contributed by atoms with Crippen LogP contribution in [0.2, 0.25) is 5.02 Å². The van der Waals surface area contributed by atoms with Crippen LogP contribution in [0.5, 0.6) is 0 Å². The molecule has 2 rings (SSSR count). The summed E-state index contributed by atoms with van der Waals surface area (Å²) in [5, 5.41) is 12.8. The van der Waals surface area contributed by atoms with Gasteiger partial charge in [0, 0.05) is 11.1 Å². The maximum absolute atomic E-state index is 13.3. The number of carboxylic acids is 1. The fourth-order valence-corrected chi connectivity index (χ4v) is 3.08. The van der Waals surface area contributed by atoms with Gasteiger partial charge in [0.25, 0.3) is 0 Å². The van der Waals surface area contributed by atoms with Crippen LogP contribution in [0.4, 0.5) is 4.39 Å². The molecular weight excluding hydrogens is 281 g/mol. The lowest BCUT2D eigenvalue weighted by molar-refractivity contribution is -0.139. The standard InChI is InChI=1S/C15H19ClFNO2/c1-2-3-14(15(19)20)18-11-5-4-9-6-10(17)7-13(16)12(9)8-11/h6-7,11,14,18H,2-5,8H2,1H3,(H,19,20)/t11-,14?/m0/s1. The number of carbonyl (C=O) groups is 1. The van der Waals surface area contributed by atoms with Gasteiger partial charge < -0.3 is 10.4 Å². The minimum atomic E-state index is -0.817. The van der Waals surface area contributed by atoms with Crippen molar-refractivity contribution in [1.29, 1.82) is 0 Å². The molecule has 0 fully saturated rings. The maximum Gasteiger partial charge on any atom is 0.320 e. The van der Waals surface area contributed by atoms with Crippen molar-refractivity contribution in [2.75, 3.05) is 0 Å². The van der Waals surface area contributed by atoms with Gasteiger partial charge in [0.1, 0.15) is 11.9 Å². The van der Waals surface area contributed by atoms with Gasteiger partial charge in [-0.2, -0.15) is 0 Å². The number of carboxylic acid groups (broad SMARTS) is 1. The molecule has 1 unspecified atom stereocenters. The van der Waals surface area contributed by atoms with Crippen molar-refractivity contribution >= 4 is 17.6 Å². The van der Waals surface area contributed by atoms with Gasteiger partial charge in [-0.3, -0.25) is 4.79 Å². The van der Waals surface area contributed by atoms with Crippen LogP contribution >= 0.6 is 11.6 Å². The zero-order chi connectivity index (χ0) is 14.7. The van der Waals surface area contributed by atoms with Crippen molar-refractivity contribution in [3.63, 3.8) is 0 Å². The Bertz CT molecular complexity index is 507. The first-order chi connectivity index (χ1) is 9.51. The summed E-state index contributed by atoms with van der Waals surface area (Å²) in [5.41, 5.74) is 1.88. The summed E-state index contributed by atoms with van der Waals surface area (Å²) in [4.78, 5) is 11.2. The fraction of sp³-hybridized carbons (Fsp3) is 0.533. The molecule has 1 aliphatic carbocycles. The highest BCUT2D eigenvalue weighted by Gasteiger charge is 2.25. The Morgan fingerprint density at radius 2 is 2.35 bits per heavy atom. The zero-order valence-electron chi connectivity index (χ0n) is 11.5. The molecule has 0 aliphatic heterocycles. The average molecular weight is 300 g/mol. The van der Waals surface area contributed by atoms with Crippen LogP contribution < -0.4 is 5.32 Å². The summed E-state index contributed by atoms with van der Waals surface area (Å²) in [7, 11) is 0. The lowest BCUT2D eigenvalue weighted by Gasteiger charge is -2.29. The van der Waals surface area contributed by atoms with Crippen LogP contribution in [0.1, 0.15) is 37.3 Å². The Kier molecular flexibility index (Phi) is 5.00. The van der Waals surface area contributed by atoms with Gasteiger partial charge in [-0.1, -0.05) is 24.9 Å². The number of benzene rings is 1. The summed E-state index contributed by atoms with van der Waals surface area (Å²) in [6, 6.07) is 2.41. The largest absolute Gasteiger partial charge is 0.480 e. The predicted octanol–water partition coefficient (Wildman–Crippen LogP) is 3.18. The molecule has 0 radical (unpaired) electrons. The Morgan fingerprint density at radius 1 is 1.60 bits per heavy atom. The minimum absolute atomic E-state index is 0.0816. The van der Waals surface area contributed by atoms with E-state index in [1.54, 1.807) is 0 Å². The van der Waals surface area contributed by atoms with Gasteiger partial charge in [-0.15, -0.1) is 0 Å². The molecule has 110 valence electrons. The molecule has 1 aliphatic rings. The molecule has 5 heteroatoms. The van der Waals surface area contributed by atoms with Gasteiger partial charge in [0.15, 0.2) is 0 Å². The van der Waals surface area contributed by atoms with E-state index < -0.39 is 12.0 Å². The van der Waals surface area contributed by atoms with Crippen LogP contribution in [0, 0.1) is 5.82 Å². The van der Waals surface area contributed by atoms with Crippen molar-refractivity contribution in [3.8, 4) is 0 Å². The van der Waals surface area contributed by atoms with Crippen LogP contribution in [-0.2, 0) is 17.6 Å².